The highest BCUT2D eigenvalue weighted by atomic mass is 35.5. The van der Waals surface area contributed by atoms with Crippen LogP contribution in [-0.4, -0.2) is 43.2 Å². The molecule has 1 aliphatic rings. The number of benzene rings is 1. The van der Waals surface area contributed by atoms with Crippen LogP contribution in [0.3, 0.4) is 0 Å². The van der Waals surface area contributed by atoms with E-state index in [0.29, 0.717) is 42.0 Å². The molecule has 0 bridgehead atoms. The van der Waals surface area contributed by atoms with E-state index in [-0.39, 0.29) is 11.9 Å². The van der Waals surface area contributed by atoms with Crippen LogP contribution in [-0.2, 0) is 9.53 Å². The van der Waals surface area contributed by atoms with Crippen molar-refractivity contribution in [1.29, 1.82) is 0 Å². The summed E-state index contributed by atoms with van der Waals surface area (Å²) < 4.78 is 5.23. The summed E-state index contributed by atoms with van der Waals surface area (Å²) in [6.07, 6.45) is 0. The minimum atomic E-state index is -0.353. The number of amides is 1. The average molecular weight is 303 g/mol. The molecule has 0 saturated carbocycles. The zero-order valence-electron chi connectivity index (χ0n) is 10.7. The lowest BCUT2D eigenvalue weighted by molar-refractivity contribution is -0.135. The lowest BCUT2D eigenvalue weighted by atomic mass is 10.2. The molecule has 6 heteroatoms. The predicted molar refractivity (Wildman–Crippen MR) is 76.9 cm³/mol. The summed E-state index contributed by atoms with van der Waals surface area (Å²) in [7, 11) is 0. The number of anilines is 1. The maximum atomic E-state index is 12.2. The molecule has 1 aromatic rings. The first-order chi connectivity index (χ1) is 9.09. The fourth-order valence-electron chi connectivity index (χ4n) is 1.97. The van der Waals surface area contributed by atoms with Crippen LogP contribution in [0.25, 0.3) is 0 Å². The summed E-state index contributed by atoms with van der Waals surface area (Å²) in [5.41, 5.74) is 0.670. The second-order valence-electron chi connectivity index (χ2n) is 4.41. The van der Waals surface area contributed by atoms with E-state index in [1.165, 1.54) is 0 Å². The summed E-state index contributed by atoms with van der Waals surface area (Å²) in [6, 6.07) is 4.96. The van der Waals surface area contributed by atoms with E-state index in [9.17, 15) is 4.79 Å². The Bertz CT molecular complexity index is 462. The molecule has 1 aromatic carbocycles. The molecule has 1 amide bonds. The fraction of sp³-hybridized carbons (Fsp3) is 0.462. The van der Waals surface area contributed by atoms with Gasteiger partial charge in [-0.15, -0.1) is 0 Å². The number of rotatable bonds is 3. The van der Waals surface area contributed by atoms with Crippen molar-refractivity contribution in [2.45, 2.75) is 13.0 Å². The molecule has 19 heavy (non-hydrogen) atoms. The third-order valence-electron chi connectivity index (χ3n) is 3.02. The molecular formula is C13H16Cl2N2O2. The Kier molecular flexibility index (Phi) is 4.91. The van der Waals surface area contributed by atoms with Gasteiger partial charge in [0.15, 0.2) is 0 Å². The summed E-state index contributed by atoms with van der Waals surface area (Å²) in [5.74, 6) is 0.0411. The average Bonchev–Trinajstić information content (AvgIpc) is 2.44. The van der Waals surface area contributed by atoms with E-state index in [0.717, 1.165) is 0 Å². The maximum Gasteiger partial charge on any atom is 0.244 e. The lowest BCUT2D eigenvalue weighted by Gasteiger charge is -2.30. The molecule has 0 aromatic heterocycles. The van der Waals surface area contributed by atoms with E-state index in [2.05, 4.69) is 5.32 Å². The van der Waals surface area contributed by atoms with Gasteiger partial charge in [-0.3, -0.25) is 4.79 Å². The van der Waals surface area contributed by atoms with Crippen molar-refractivity contribution in [2.24, 2.45) is 0 Å². The van der Waals surface area contributed by atoms with Crippen molar-refractivity contribution in [1.82, 2.24) is 4.90 Å². The highest BCUT2D eigenvalue weighted by Crippen LogP contribution is 2.30. The molecule has 1 aliphatic heterocycles. The van der Waals surface area contributed by atoms with Gasteiger partial charge in [0, 0.05) is 13.1 Å². The molecule has 1 fully saturated rings. The van der Waals surface area contributed by atoms with Crippen molar-refractivity contribution in [3.8, 4) is 0 Å². The Hall–Kier alpha value is -0.970. The van der Waals surface area contributed by atoms with Crippen LogP contribution in [0.2, 0.25) is 10.0 Å². The molecule has 1 saturated heterocycles. The topological polar surface area (TPSA) is 41.6 Å². The van der Waals surface area contributed by atoms with Crippen LogP contribution in [0, 0.1) is 0 Å². The molecule has 0 spiro atoms. The van der Waals surface area contributed by atoms with Gasteiger partial charge >= 0.3 is 0 Å². The molecule has 104 valence electrons. The molecule has 1 N–H and O–H groups in total. The van der Waals surface area contributed by atoms with Gasteiger partial charge in [-0.25, -0.2) is 0 Å². The van der Waals surface area contributed by atoms with Gasteiger partial charge in [-0.1, -0.05) is 29.3 Å². The Balaban J connectivity index is 2.01. The first-order valence-corrected chi connectivity index (χ1v) is 6.92. The smallest absolute Gasteiger partial charge is 0.244 e. The van der Waals surface area contributed by atoms with Gasteiger partial charge in [-0.2, -0.15) is 0 Å². The van der Waals surface area contributed by atoms with Gasteiger partial charge in [0.25, 0.3) is 0 Å². The monoisotopic (exact) mass is 302 g/mol. The molecule has 2 rings (SSSR count). The zero-order chi connectivity index (χ0) is 13.8. The number of halogens is 2. The molecule has 1 unspecified atom stereocenters. The molecule has 1 atom stereocenters. The van der Waals surface area contributed by atoms with Crippen molar-refractivity contribution < 1.29 is 9.53 Å². The Morgan fingerprint density at radius 1 is 1.37 bits per heavy atom. The number of carbonyl (C=O) groups is 1. The number of ether oxygens (including phenoxy) is 1. The SMILES string of the molecule is CC(Nc1cccc(Cl)c1Cl)C(=O)N1CCOCC1. The molecule has 0 radical (unpaired) electrons. The zero-order valence-corrected chi connectivity index (χ0v) is 12.2. The molecule has 1 heterocycles. The number of morpholine rings is 1. The van der Waals surface area contributed by atoms with Gasteiger partial charge < -0.3 is 15.0 Å². The van der Waals surface area contributed by atoms with E-state index >= 15 is 0 Å². The minimum Gasteiger partial charge on any atom is -0.378 e. The van der Waals surface area contributed by atoms with Gasteiger partial charge in [0.2, 0.25) is 5.91 Å². The van der Waals surface area contributed by atoms with E-state index in [1.54, 1.807) is 23.1 Å². The van der Waals surface area contributed by atoms with Gasteiger partial charge in [0.1, 0.15) is 6.04 Å². The number of nitrogens with one attached hydrogen (secondary N) is 1. The quantitative estimate of drug-likeness (QED) is 0.933. The lowest BCUT2D eigenvalue weighted by Crippen LogP contribution is -2.47. The van der Waals surface area contributed by atoms with E-state index in [4.69, 9.17) is 27.9 Å². The normalized spacial score (nSPS) is 17.1. The third-order valence-corrected chi connectivity index (χ3v) is 3.84. The summed E-state index contributed by atoms with van der Waals surface area (Å²) in [5, 5.41) is 4.01. The number of carbonyl (C=O) groups excluding carboxylic acids is 1. The molecular weight excluding hydrogens is 287 g/mol. The van der Waals surface area contributed by atoms with Crippen LogP contribution in [0.4, 0.5) is 5.69 Å². The maximum absolute atomic E-state index is 12.2. The van der Waals surface area contributed by atoms with E-state index < -0.39 is 0 Å². The van der Waals surface area contributed by atoms with E-state index in [1.807, 2.05) is 6.92 Å². The van der Waals surface area contributed by atoms with Crippen LogP contribution >= 0.6 is 23.2 Å². The number of nitrogens with zero attached hydrogens (tertiary/aromatic N) is 1. The first-order valence-electron chi connectivity index (χ1n) is 6.16. The first kappa shape index (κ1) is 14.4. The second kappa shape index (κ2) is 6.46. The van der Waals surface area contributed by atoms with Crippen LogP contribution in [0.1, 0.15) is 6.92 Å². The number of hydrogen-bond acceptors (Lipinski definition) is 3. The van der Waals surface area contributed by atoms with Gasteiger partial charge in [0.05, 0.1) is 28.9 Å². The summed E-state index contributed by atoms with van der Waals surface area (Å²) in [4.78, 5) is 14.0. The van der Waals surface area contributed by atoms with Crippen LogP contribution < -0.4 is 5.32 Å². The Labute approximate surface area is 122 Å². The van der Waals surface area contributed by atoms with Crippen LogP contribution in [0.15, 0.2) is 18.2 Å². The molecule has 4 nitrogen and oxygen atoms in total. The highest BCUT2D eigenvalue weighted by Gasteiger charge is 2.22. The Morgan fingerprint density at radius 3 is 2.74 bits per heavy atom. The third kappa shape index (κ3) is 3.53. The summed E-state index contributed by atoms with van der Waals surface area (Å²) >= 11 is 12.0. The predicted octanol–water partition coefficient (Wildman–Crippen LogP) is 2.65. The van der Waals surface area contributed by atoms with Crippen LogP contribution in [0.5, 0.6) is 0 Å². The number of hydrogen-bond donors (Lipinski definition) is 1. The van der Waals surface area contributed by atoms with Crippen molar-refractivity contribution in [2.75, 3.05) is 31.6 Å². The van der Waals surface area contributed by atoms with Crippen molar-refractivity contribution >= 4 is 34.8 Å². The van der Waals surface area contributed by atoms with Crippen molar-refractivity contribution in [3.05, 3.63) is 28.2 Å². The van der Waals surface area contributed by atoms with Crippen molar-refractivity contribution in [3.63, 3.8) is 0 Å². The largest absolute Gasteiger partial charge is 0.378 e. The fourth-order valence-corrected chi connectivity index (χ4v) is 2.32. The minimum absolute atomic E-state index is 0.0411. The Morgan fingerprint density at radius 2 is 2.05 bits per heavy atom. The highest BCUT2D eigenvalue weighted by molar-refractivity contribution is 6.43. The second-order valence-corrected chi connectivity index (χ2v) is 5.19. The summed E-state index contributed by atoms with van der Waals surface area (Å²) in [6.45, 7) is 4.27. The standard InChI is InChI=1S/C13H16Cl2N2O2/c1-9(13(18)17-5-7-19-8-6-17)16-11-4-2-3-10(14)12(11)15/h2-4,9,16H,5-8H2,1H3. The van der Waals surface area contributed by atoms with Gasteiger partial charge in [-0.05, 0) is 19.1 Å². The molecule has 0 aliphatic carbocycles.